The molecular weight excluding hydrogens is 464 g/mol. The number of hydrogen-bond acceptors (Lipinski definition) is 9. The van der Waals surface area contributed by atoms with Crippen molar-refractivity contribution in [2.45, 2.75) is 24.3 Å². The first-order valence-corrected chi connectivity index (χ1v) is 11.9. The second-order valence-corrected chi connectivity index (χ2v) is 10.1. The minimum atomic E-state index is -3.68. The summed E-state index contributed by atoms with van der Waals surface area (Å²) in [5, 5.41) is 10.6. The number of carbonyl (C=O) groups excluding carboxylic acids is 2. The summed E-state index contributed by atoms with van der Waals surface area (Å²) in [5.41, 5.74) is 0.694. The Bertz CT molecular complexity index is 1340. The first kappa shape index (κ1) is 23.8. The largest absolute Gasteiger partial charge is 0.423 e. The zero-order valence-electron chi connectivity index (χ0n) is 17.6. The van der Waals surface area contributed by atoms with Gasteiger partial charge in [-0.05, 0) is 49.8 Å². The average molecular weight is 483 g/mol. The summed E-state index contributed by atoms with van der Waals surface area (Å²) in [4.78, 5) is 28.4. The Hall–Kier alpha value is -3.88. The highest BCUT2D eigenvalue weighted by Crippen LogP contribution is 2.20. The zero-order chi connectivity index (χ0) is 24.0. The van der Waals surface area contributed by atoms with Gasteiger partial charge in [0.05, 0.1) is 10.8 Å². The molecule has 3 aromatic rings. The average Bonchev–Trinajstić information content (AvgIpc) is 3.28. The predicted molar refractivity (Wildman–Crippen MR) is 122 cm³/mol. The summed E-state index contributed by atoms with van der Waals surface area (Å²) in [6.07, 6.45) is 1.34. The van der Waals surface area contributed by atoms with Crippen LogP contribution in [0.15, 0.2) is 65.3 Å². The van der Waals surface area contributed by atoms with Gasteiger partial charge in [0.1, 0.15) is 17.4 Å². The molecule has 2 aromatic carbocycles. The van der Waals surface area contributed by atoms with Gasteiger partial charge in [0.25, 0.3) is 11.1 Å². The van der Waals surface area contributed by atoms with Crippen molar-refractivity contribution in [2.24, 2.45) is 0 Å². The highest BCUT2D eigenvalue weighted by molar-refractivity contribution is 7.91. The smallest absolute Gasteiger partial charge is 0.343 e. The van der Waals surface area contributed by atoms with Crippen LogP contribution in [-0.4, -0.2) is 34.9 Å². The van der Waals surface area contributed by atoms with Gasteiger partial charge >= 0.3 is 5.97 Å². The fourth-order valence-electron chi connectivity index (χ4n) is 2.44. The third-order valence-electron chi connectivity index (χ3n) is 4.28. The first-order valence-electron chi connectivity index (χ1n) is 9.58. The van der Waals surface area contributed by atoms with Crippen molar-refractivity contribution in [1.82, 2.24) is 9.36 Å². The quantitative estimate of drug-likeness (QED) is 0.234. The van der Waals surface area contributed by atoms with Gasteiger partial charge in [-0.15, -0.1) is 0 Å². The summed E-state index contributed by atoms with van der Waals surface area (Å²) >= 11 is 0.705. The van der Waals surface area contributed by atoms with E-state index in [0.717, 1.165) is 0 Å². The van der Waals surface area contributed by atoms with Crippen molar-refractivity contribution >= 4 is 44.5 Å². The normalized spacial score (nSPS) is 11.6. The number of nitriles is 1. The van der Waals surface area contributed by atoms with Crippen LogP contribution in [0.1, 0.15) is 29.8 Å². The molecule has 0 aliphatic heterocycles. The van der Waals surface area contributed by atoms with Crippen LogP contribution in [-0.2, 0) is 14.6 Å². The molecule has 0 aliphatic carbocycles. The second kappa shape index (κ2) is 10.2. The lowest BCUT2D eigenvalue weighted by Gasteiger charge is -2.05. The molecule has 1 heterocycles. The van der Waals surface area contributed by atoms with Gasteiger partial charge in [-0.3, -0.25) is 10.1 Å². The van der Waals surface area contributed by atoms with Crippen LogP contribution >= 0.6 is 11.5 Å². The van der Waals surface area contributed by atoms with E-state index in [1.54, 1.807) is 48.5 Å². The minimum absolute atomic E-state index is 0.0384. The highest BCUT2D eigenvalue weighted by atomic mass is 32.2. The Morgan fingerprint density at radius 2 is 1.79 bits per heavy atom. The molecule has 0 saturated heterocycles. The van der Waals surface area contributed by atoms with E-state index in [2.05, 4.69) is 14.7 Å². The SMILES string of the molecule is CC(C)S(=O)(=O)c1nsc(NC(=O)/C(C#N)=C\c2ccc(OC(=O)c3ccccc3)cc2)n1. The maximum Gasteiger partial charge on any atom is 0.343 e. The molecule has 11 heteroatoms. The molecule has 0 spiro atoms. The molecule has 1 aromatic heterocycles. The number of carbonyl (C=O) groups is 2. The van der Waals surface area contributed by atoms with Crippen molar-refractivity contribution in [1.29, 1.82) is 5.26 Å². The van der Waals surface area contributed by atoms with E-state index in [0.29, 0.717) is 28.4 Å². The molecule has 0 saturated carbocycles. The number of hydrogen-bond donors (Lipinski definition) is 1. The molecule has 0 atom stereocenters. The van der Waals surface area contributed by atoms with Gasteiger partial charge in [-0.1, -0.05) is 30.3 Å². The maximum atomic E-state index is 12.4. The number of benzene rings is 2. The molecule has 0 aliphatic rings. The lowest BCUT2D eigenvalue weighted by molar-refractivity contribution is -0.112. The molecule has 0 radical (unpaired) electrons. The number of rotatable bonds is 7. The Labute approximate surface area is 194 Å². The molecule has 0 bridgehead atoms. The molecule has 1 amide bonds. The molecule has 9 nitrogen and oxygen atoms in total. The first-order chi connectivity index (χ1) is 15.7. The summed E-state index contributed by atoms with van der Waals surface area (Å²) < 4.78 is 33.3. The van der Waals surface area contributed by atoms with E-state index in [4.69, 9.17) is 4.74 Å². The number of nitrogens with zero attached hydrogens (tertiary/aromatic N) is 3. The van der Waals surface area contributed by atoms with Gasteiger partial charge in [0.2, 0.25) is 15.0 Å². The van der Waals surface area contributed by atoms with Crippen molar-refractivity contribution in [3.8, 4) is 11.8 Å². The van der Waals surface area contributed by atoms with Crippen molar-refractivity contribution in [3.63, 3.8) is 0 Å². The van der Waals surface area contributed by atoms with Crippen molar-refractivity contribution in [3.05, 3.63) is 71.3 Å². The van der Waals surface area contributed by atoms with E-state index in [1.807, 2.05) is 0 Å². The molecular formula is C22H18N4O5S2. The van der Waals surface area contributed by atoms with Gasteiger partial charge in [0.15, 0.2) is 0 Å². The zero-order valence-corrected chi connectivity index (χ0v) is 19.2. The number of anilines is 1. The lowest BCUT2D eigenvalue weighted by atomic mass is 10.1. The Kier molecular flexibility index (Phi) is 7.32. The highest BCUT2D eigenvalue weighted by Gasteiger charge is 2.25. The van der Waals surface area contributed by atoms with E-state index >= 15 is 0 Å². The van der Waals surface area contributed by atoms with Crippen LogP contribution < -0.4 is 10.1 Å². The number of amides is 1. The topological polar surface area (TPSA) is 139 Å². The van der Waals surface area contributed by atoms with Gasteiger partial charge < -0.3 is 4.74 Å². The van der Waals surface area contributed by atoms with Crippen LogP contribution in [0.4, 0.5) is 5.13 Å². The Balaban J connectivity index is 1.69. The Morgan fingerprint density at radius 3 is 2.39 bits per heavy atom. The summed E-state index contributed by atoms with van der Waals surface area (Å²) in [6, 6.07) is 16.5. The van der Waals surface area contributed by atoms with Crippen LogP contribution in [0.5, 0.6) is 5.75 Å². The number of esters is 1. The molecule has 33 heavy (non-hydrogen) atoms. The van der Waals surface area contributed by atoms with Crippen LogP contribution in [0.3, 0.4) is 0 Å². The lowest BCUT2D eigenvalue weighted by Crippen LogP contribution is -2.16. The Morgan fingerprint density at radius 1 is 1.12 bits per heavy atom. The van der Waals surface area contributed by atoms with Gasteiger partial charge in [-0.2, -0.15) is 14.6 Å². The number of nitrogens with one attached hydrogen (secondary N) is 1. The van der Waals surface area contributed by atoms with Crippen molar-refractivity contribution in [2.75, 3.05) is 5.32 Å². The molecule has 0 unspecified atom stereocenters. The molecule has 0 fully saturated rings. The minimum Gasteiger partial charge on any atom is -0.423 e. The standard InChI is InChI=1S/C22H18N4O5S2/c1-14(2)33(29,30)22-25-21(32-26-22)24-19(27)17(13-23)12-15-8-10-18(11-9-15)31-20(28)16-6-4-3-5-7-16/h3-12,14H,1-2H3,(H,24,25,26,27)/b17-12-. The monoisotopic (exact) mass is 482 g/mol. The number of sulfone groups is 1. The van der Waals surface area contributed by atoms with E-state index < -0.39 is 27.0 Å². The van der Waals surface area contributed by atoms with Gasteiger partial charge in [0, 0.05) is 11.5 Å². The fraction of sp³-hybridized carbons (Fsp3) is 0.136. The van der Waals surface area contributed by atoms with Crippen LogP contribution in [0.2, 0.25) is 0 Å². The molecule has 168 valence electrons. The third kappa shape index (κ3) is 5.88. The number of ether oxygens (including phenoxy) is 1. The second-order valence-electron chi connectivity index (χ2n) is 6.92. The molecule has 3 rings (SSSR count). The predicted octanol–water partition coefficient (Wildman–Crippen LogP) is 3.49. The van der Waals surface area contributed by atoms with E-state index in [9.17, 15) is 23.3 Å². The fourth-order valence-corrected chi connectivity index (χ4v) is 4.14. The van der Waals surface area contributed by atoms with Gasteiger partial charge in [-0.25, -0.2) is 13.2 Å². The third-order valence-corrected chi connectivity index (χ3v) is 6.96. The van der Waals surface area contributed by atoms with Crippen LogP contribution in [0.25, 0.3) is 6.08 Å². The number of aromatic nitrogens is 2. The maximum absolute atomic E-state index is 12.4. The van der Waals surface area contributed by atoms with E-state index in [1.165, 1.54) is 32.1 Å². The summed E-state index contributed by atoms with van der Waals surface area (Å²) in [7, 11) is -3.68. The summed E-state index contributed by atoms with van der Waals surface area (Å²) in [6.45, 7) is 3.00. The summed E-state index contributed by atoms with van der Waals surface area (Å²) in [5.74, 6) is -0.967. The molecule has 1 N–H and O–H groups in total. The van der Waals surface area contributed by atoms with E-state index in [-0.39, 0.29) is 15.9 Å². The van der Waals surface area contributed by atoms with Crippen LogP contribution in [0, 0.1) is 11.3 Å². The van der Waals surface area contributed by atoms with Crippen molar-refractivity contribution < 1.29 is 22.7 Å².